The van der Waals surface area contributed by atoms with Crippen LogP contribution in [0.1, 0.15) is 0 Å². The van der Waals surface area contributed by atoms with Gasteiger partial charge >= 0.3 is 0 Å². The van der Waals surface area contributed by atoms with Crippen molar-refractivity contribution in [2.45, 2.75) is 0 Å². The molecule has 0 bridgehead atoms. The summed E-state index contributed by atoms with van der Waals surface area (Å²) in [6.07, 6.45) is 0. The van der Waals surface area contributed by atoms with Gasteiger partial charge in [-0.1, -0.05) is 36.4 Å². The maximum atomic E-state index is 13.7. The van der Waals surface area contributed by atoms with Gasteiger partial charge in [0.2, 0.25) is 0 Å². The SMILES string of the molecule is Oc1cccc(-c2cc(-c3cccc(F)c3)nc(-c3cccc(F)c3)c2)c1. The Bertz CT molecular complexity index is 971. The first kappa shape index (κ1) is 16.9. The summed E-state index contributed by atoms with van der Waals surface area (Å²) >= 11 is 0. The molecule has 0 aliphatic carbocycles. The van der Waals surface area contributed by atoms with E-state index in [4.69, 9.17) is 0 Å². The fraction of sp³-hybridized carbons (Fsp3) is 0. The third kappa shape index (κ3) is 3.70. The average Bonchev–Trinajstić information content (AvgIpc) is 2.68. The zero-order valence-corrected chi connectivity index (χ0v) is 14.2. The van der Waals surface area contributed by atoms with Crippen molar-refractivity contribution in [3.05, 3.63) is 96.6 Å². The largest absolute Gasteiger partial charge is 0.508 e. The first-order valence-corrected chi connectivity index (χ1v) is 8.42. The molecule has 0 saturated heterocycles. The van der Waals surface area contributed by atoms with Crippen molar-refractivity contribution in [3.63, 3.8) is 0 Å². The third-order valence-corrected chi connectivity index (χ3v) is 4.25. The lowest BCUT2D eigenvalue weighted by Crippen LogP contribution is -1.92. The van der Waals surface area contributed by atoms with E-state index in [0.29, 0.717) is 22.5 Å². The first-order valence-electron chi connectivity index (χ1n) is 8.42. The lowest BCUT2D eigenvalue weighted by molar-refractivity contribution is 0.475. The summed E-state index contributed by atoms with van der Waals surface area (Å²) < 4.78 is 27.4. The van der Waals surface area contributed by atoms with E-state index in [0.717, 1.165) is 11.1 Å². The molecular formula is C23H15F2NO. The molecule has 0 aliphatic heterocycles. The van der Waals surface area contributed by atoms with Gasteiger partial charge in [-0.25, -0.2) is 13.8 Å². The highest BCUT2D eigenvalue weighted by Gasteiger charge is 2.10. The van der Waals surface area contributed by atoms with Crippen molar-refractivity contribution in [1.82, 2.24) is 4.98 Å². The first-order chi connectivity index (χ1) is 13.1. The summed E-state index contributed by atoms with van der Waals surface area (Å²) in [5, 5.41) is 9.81. The molecule has 4 heteroatoms. The lowest BCUT2D eigenvalue weighted by atomic mass is 10.00. The second kappa shape index (κ2) is 7.00. The molecule has 3 aromatic carbocycles. The quantitative estimate of drug-likeness (QED) is 0.482. The van der Waals surface area contributed by atoms with E-state index in [1.165, 1.54) is 24.3 Å². The van der Waals surface area contributed by atoms with Crippen LogP contribution in [0.15, 0.2) is 84.9 Å². The Hall–Kier alpha value is -3.53. The highest BCUT2D eigenvalue weighted by Crippen LogP contribution is 2.31. The second-order valence-electron chi connectivity index (χ2n) is 6.20. The van der Waals surface area contributed by atoms with Gasteiger partial charge in [-0.05, 0) is 59.7 Å². The molecule has 1 N–H and O–H groups in total. The highest BCUT2D eigenvalue weighted by atomic mass is 19.1. The fourth-order valence-electron chi connectivity index (χ4n) is 2.97. The van der Waals surface area contributed by atoms with Gasteiger partial charge in [0.05, 0.1) is 11.4 Å². The summed E-state index contributed by atoms with van der Waals surface area (Å²) in [4.78, 5) is 4.61. The molecular weight excluding hydrogens is 344 g/mol. The summed E-state index contributed by atoms with van der Waals surface area (Å²) in [5.41, 5.74) is 3.95. The third-order valence-electron chi connectivity index (χ3n) is 4.25. The van der Waals surface area contributed by atoms with Gasteiger partial charge in [0.1, 0.15) is 17.4 Å². The maximum Gasteiger partial charge on any atom is 0.123 e. The number of pyridine rings is 1. The minimum absolute atomic E-state index is 0.143. The molecule has 0 unspecified atom stereocenters. The molecule has 1 aromatic heterocycles. The monoisotopic (exact) mass is 359 g/mol. The number of phenols is 1. The van der Waals surface area contributed by atoms with E-state index in [2.05, 4.69) is 4.98 Å². The molecule has 0 spiro atoms. The number of nitrogens with zero attached hydrogens (tertiary/aromatic N) is 1. The van der Waals surface area contributed by atoms with Gasteiger partial charge in [-0.2, -0.15) is 0 Å². The zero-order valence-electron chi connectivity index (χ0n) is 14.2. The van der Waals surface area contributed by atoms with Gasteiger partial charge < -0.3 is 5.11 Å². The van der Waals surface area contributed by atoms with Gasteiger partial charge in [0.15, 0.2) is 0 Å². The van der Waals surface area contributed by atoms with E-state index in [-0.39, 0.29) is 17.4 Å². The molecule has 132 valence electrons. The predicted molar refractivity (Wildman–Crippen MR) is 102 cm³/mol. The molecule has 2 nitrogen and oxygen atoms in total. The van der Waals surface area contributed by atoms with Crippen LogP contribution >= 0.6 is 0 Å². The Kier molecular flexibility index (Phi) is 4.38. The Morgan fingerprint density at radius 2 is 1.07 bits per heavy atom. The van der Waals surface area contributed by atoms with E-state index in [9.17, 15) is 13.9 Å². The minimum atomic E-state index is -0.357. The number of aromatic hydroxyl groups is 1. The number of aromatic nitrogens is 1. The van der Waals surface area contributed by atoms with Crippen LogP contribution in [0.3, 0.4) is 0 Å². The number of rotatable bonds is 3. The fourth-order valence-corrected chi connectivity index (χ4v) is 2.97. The van der Waals surface area contributed by atoms with Gasteiger partial charge in [0, 0.05) is 11.1 Å². The zero-order chi connectivity index (χ0) is 18.8. The van der Waals surface area contributed by atoms with Crippen LogP contribution in [0, 0.1) is 11.6 Å². The van der Waals surface area contributed by atoms with Gasteiger partial charge in [-0.15, -0.1) is 0 Å². The Balaban J connectivity index is 1.94. The Morgan fingerprint density at radius 3 is 1.59 bits per heavy atom. The molecule has 4 rings (SSSR count). The van der Waals surface area contributed by atoms with Crippen molar-refractivity contribution in [2.75, 3.05) is 0 Å². The normalized spacial score (nSPS) is 10.7. The molecule has 0 atom stereocenters. The molecule has 4 aromatic rings. The molecule has 1 heterocycles. The van der Waals surface area contributed by atoms with E-state index >= 15 is 0 Å². The molecule has 0 fully saturated rings. The van der Waals surface area contributed by atoms with E-state index in [1.54, 1.807) is 42.5 Å². The molecule has 0 saturated carbocycles. The summed E-state index contributed by atoms with van der Waals surface area (Å²) in [6.45, 7) is 0. The minimum Gasteiger partial charge on any atom is -0.508 e. The van der Waals surface area contributed by atoms with Gasteiger partial charge in [-0.3, -0.25) is 0 Å². The topological polar surface area (TPSA) is 33.1 Å². The van der Waals surface area contributed by atoms with Crippen LogP contribution in [-0.2, 0) is 0 Å². The van der Waals surface area contributed by atoms with E-state index in [1.807, 2.05) is 18.2 Å². The van der Waals surface area contributed by atoms with Crippen LogP contribution in [0.5, 0.6) is 5.75 Å². The van der Waals surface area contributed by atoms with Crippen LogP contribution < -0.4 is 0 Å². The standard InChI is InChI=1S/C23H15F2NO/c24-19-7-1-5-16(10-19)22-13-18(15-4-3-9-21(27)12-15)14-23(26-22)17-6-2-8-20(25)11-17/h1-14,27H. The smallest absolute Gasteiger partial charge is 0.123 e. The molecule has 0 aliphatic rings. The molecule has 0 radical (unpaired) electrons. The van der Waals surface area contributed by atoms with Crippen LogP contribution in [0.4, 0.5) is 8.78 Å². The Labute approximate surface area is 155 Å². The van der Waals surface area contributed by atoms with Crippen molar-refractivity contribution in [3.8, 4) is 39.4 Å². The number of benzene rings is 3. The number of hydrogen-bond donors (Lipinski definition) is 1. The number of phenolic OH excluding ortho intramolecular Hbond substituents is 1. The number of hydrogen-bond acceptors (Lipinski definition) is 2. The van der Waals surface area contributed by atoms with Gasteiger partial charge in [0.25, 0.3) is 0 Å². The van der Waals surface area contributed by atoms with Crippen molar-refractivity contribution in [1.29, 1.82) is 0 Å². The summed E-state index contributed by atoms with van der Waals surface area (Å²) in [6, 6.07) is 22.8. The Morgan fingerprint density at radius 1 is 0.556 bits per heavy atom. The number of halogens is 2. The maximum absolute atomic E-state index is 13.7. The van der Waals surface area contributed by atoms with Crippen molar-refractivity contribution in [2.24, 2.45) is 0 Å². The second-order valence-corrected chi connectivity index (χ2v) is 6.20. The van der Waals surface area contributed by atoms with Crippen molar-refractivity contribution >= 4 is 0 Å². The average molecular weight is 359 g/mol. The van der Waals surface area contributed by atoms with Crippen LogP contribution in [0.25, 0.3) is 33.6 Å². The van der Waals surface area contributed by atoms with E-state index < -0.39 is 0 Å². The lowest BCUT2D eigenvalue weighted by Gasteiger charge is -2.11. The van der Waals surface area contributed by atoms with Crippen LogP contribution in [-0.4, -0.2) is 10.1 Å². The molecule has 0 amide bonds. The molecule has 27 heavy (non-hydrogen) atoms. The summed E-state index contributed by atoms with van der Waals surface area (Å²) in [7, 11) is 0. The predicted octanol–water partition coefficient (Wildman–Crippen LogP) is 6.07. The highest BCUT2D eigenvalue weighted by molar-refractivity contribution is 5.77. The summed E-state index contributed by atoms with van der Waals surface area (Å²) in [5.74, 6) is -0.572. The van der Waals surface area contributed by atoms with Crippen LogP contribution in [0.2, 0.25) is 0 Å². The van der Waals surface area contributed by atoms with Crippen molar-refractivity contribution < 1.29 is 13.9 Å².